The molecule has 1 aromatic carbocycles. The van der Waals surface area contributed by atoms with Crippen LogP contribution in [-0.2, 0) is 0 Å². The third kappa shape index (κ3) is 2.74. The van der Waals surface area contributed by atoms with Crippen LogP contribution in [0.3, 0.4) is 0 Å². The summed E-state index contributed by atoms with van der Waals surface area (Å²) in [4.78, 5) is 11.9. The number of nitrogens with one attached hydrogen (secondary N) is 2. The number of hydrogen-bond donors (Lipinski definition) is 3. The first-order chi connectivity index (χ1) is 9.72. The van der Waals surface area contributed by atoms with Crippen molar-refractivity contribution >= 4 is 17.4 Å². The van der Waals surface area contributed by atoms with Crippen LogP contribution >= 0.6 is 0 Å². The molecule has 1 saturated carbocycles. The predicted molar refractivity (Wildman–Crippen MR) is 76.3 cm³/mol. The Bertz CT molecular complexity index is 515. The fourth-order valence-electron chi connectivity index (χ4n) is 2.23. The van der Waals surface area contributed by atoms with Crippen LogP contribution in [-0.4, -0.2) is 25.3 Å². The molecule has 1 heterocycles. The quantitative estimate of drug-likeness (QED) is 0.723. The number of urea groups is 1. The van der Waals surface area contributed by atoms with Crippen LogP contribution in [0.25, 0.3) is 0 Å². The minimum atomic E-state index is -0.226. The van der Waals surface area contributed by atoms with Crippen LogP contribution in [0.5, 0.6) is 11.5 Å². The molecule has 1 aliphatic heterocycles. The van der Waals surface area contributed by atoms with Gasteiger partial charge in [0.1, 0.15) is 0 Å². The molecule has 1 aromatic rings. The molecule has 0 atom stereocenters. The lowest BCUT2D eigenvalue weighted by Gasteiger charge is -2.26. The molecule has 3 rings (SSSR count). The summed E-state index contributed by atoms with van der Waals surface area (Å²) in [6.07, 6.45) is 4.10. The molecule has 1 fully saturated rings. The lowest BCUT2D eigenvalue weighted by molar-refractivity contribution is 0.240. The molecular weight excluding hydrogens is 258 g/mol. The smallest absolute Gasteiger partial charge is 0.319 e. The molecule has 0 aromatic heterocycles. The molecule has 2 aliphatic rings. The van der Waals surface area contributed by atoms with Crippen molar-refractivity contribution in [3.63, 3.8) is 0 Å². The normalized spacial score (nSPS) is 17.8. The summed E-state index contributed by atoms with van der Waals surface area (Å²) in [6.45, 7) is 1.21. The Morgan fingerprint density at radius 2 is 1.85 bits per heavy atom. The van der Waals surface area contributed by atoms with E-state index in [2.05, 4.69) is 10.6 Å². The highest BCUT2D eigenvalue weighted by atomic mass is 16.5. The van der Waals surface area contributed by atoms with Crippen LogP contribution in [0.15, 0.2) is 12.1 Å². The van der Waals surface area contributed by atoms with E-state index in [1.54, 1.807) is 12.1 Å². The van der Waals surface area contributed by atoms with Crippen molar-refractivity contribution in [2.45, 2.75) is 31.7 Å². The van der Waals surface area contributed by atoms with E-state index in [0.717, 1.165) is 19.3 Å². The Morgan fingerprint density at radius 3 is 2.50 bits per heavy atom. The fraction of sp³-hybridized carbons (Fsp3) is 0.500. The maximum atomic E-state index is 11.9. The van der Waals surface area contributed by atoms with Crippen molar-refractivity contribution in [3.05, 3.63) is 12.1 Å². The van der Waals surface area contributed by atoms with Crippen molar-refractivity contribution in [2.24, 2.45) is 0 Å². The van der Waals surface area contributed by atoms with Gasteiger partial charge in [0.25, 0.3) is 0 Å². The SMILES string of the molecule is Nc1cc2c(cc1NC(=O)NC1CCC1)OCCCO2. The van der Waals surface area contributed by atoms with E-state index >= 15 is 0 Å². The molecule has 1 aliphatic carbocycles. The zero-order chi connectivity index (χ0) is 13.9. The van der Waals surface area contributed by atoms with Gasteiger partial charge < -0.3 is 25.8 Å². The maximum Gasteiger partial charge on any atom is 0.319 e. The summed E-state index contributed by atoms with van der Waals surface area (Å²) in [7, 11) is 0. The lowest BCUT2D eigenvalue weighted by Crippen LogP contribution is -2.41. The lowest BCUT2D eigenvalue weighted by atomic mass is 9.93. The van der Waals surface area contributed by atoms with Gasteiger partial charge in [0.05, 0.1) is 24.6 Å². The van der Waals surface area contributed by atoms with Crippen molar-refractivity contribution in [1.82, 2.24) is 5.32 Å². The third-order valence-corrected chi connectivity index (χ3v) is 3.61. The zero-order valence-electron chi connectivity index (χ0n) is 11.3. The Hall–Kier alpha value is -2.11. The van der Waals surface area contributed by atoms with Gasteiger partial charge in [-0.3, -0.25) is 0 Å². The van der Waals surface area contributed by atoms with Gasteiger partial charge in [-0.25, -0.2) is 4.79 Å². The van der Waals surface area contributed by atoms with Crippen LogP contribution in [0.2, 0.25) is 0 Å². The van der Waals surface area contributed by atoms with Crippen molar-refractivity contribution in [3.8, 4) is 11.5 Å². The minimum Gasteiger partial charge on any atom is -0.489 e. The van der Waals surface area contributed by atoms with E-state index in [9.17, 15) is 4.79 Å². The van der Waals surface area contributed by atoms with Crippen molar-refractivity contribution < 1.29 is 14.3 Å². The largest absolute Gasteiger partial charge is 0.489 e. The number of ether oxygens (including phenoxy) is 2. The second kappa shape index (κ2) is 5.48. The van der Waals surface area contributed by atoms with Gasteiger partial charge in [-0.2, -0.15) is 0 Å². The summed E-state index contributed by atoms with van der Waals surface area (Å²) in [5.41, 5.74) is 6.96. The predicted octanol–water partition coefficient (Wildman–Crippen LogP) is 2.10. The highest BCUT2D eigenvalue weighted by Crippen LogP contribution is 2.36. The number of fused-ring (bicyclic) bond motifs is 1. The molecule has 0 radical (unpaired) electrons. The molecule has 4 N–H and O–H groups in total. The van der Waals surface area contributed by atoms with Gasteiger partial charge in [0.2, 0.25) is 0 Å². The van der Waals surface area contributed by atoms with E-state index in [1.807, 2.05) is 0 Å². The highest BCUT2D eigenvalue weighted by Gasteiger charge is 2.20. The number of nitrogens with two attached hydrogens (primary N) is 1. The standard InChI is InChI=1S/C14H19N3O3/c15-10-7-12-13(20-6-2-5-19-12)8-11(10)17-14(18)16-9-3-1-4-9/h7-9H,1-6,15H2,(H2,16,17,18). The summed E-state index contributed by atoms with van der Waals surface area (Å²) in [5, 5.41) is 5.68. The zero-order valence-corrected chi connectivity index (χ0v) is 11.3. The van der Waals surface area contributed by atoms with E-state index in [4.69, 9.17) is 15.2 Å². The number of amides is 2. The van der Waals surface area contributed by atoms with Gasteiger partial charge in [0.15, 0.2) is 11.5 Å². The first-order valence-electron chi connectivity index (χ1n) is 6.99. The molecule has 2 amide bonds. The van der Waals surface area contributed by atoms with Crippen LogP contribution in [0.4, 0.5) is 16.2 Å². The van der Waals surface area contributed by atoms with Crippen LogP contribution in [0.1, 0.15) is 25.7 Å². The fourth-order valence-corrected chi connectivity index (χ4v) is 2.23. The summed E-state index contributed by atoms with van der Waals surface area (Å²) >= 11 is 0. The average Bonchev–Trinajstić information content (AvgIpc) is 2.59. The third-order valence-electron chi connectivity index (χ3n) is 3.61. The molecule has 0 bridgehead atoms. The second-order valence-electron chi connectivity index (χ2n) is 5.16. The number of benzene rings is 1. The number of carbonyl (C=O) groups is 1. The molecule has 0 spiro atoms. The van der Waals surface area contributed by atoms with E-state index in [-0.39, 0.29) is 12.1 Å². The Balaban J connectivity index is 1.72. The molecule has 0 unspecified atom stereocenters. The first-order valence-corrected chi connectivity index (χ1v) is 6.99. The second-order valence-corrected chi connectivity index (χ2v) is 5.16. The Labute approximate surface area is 117 Å². The minimum absolute atomic E-state index is 0.226. The number of anilines is 2. The Kier molecular flexibility index (Phi) is 3.54. The molecule has 6 nitrogen and oxygen atoms in total. The van der Waals surface area contributed by atoms with Crippen LogP contribution < -0.4 is 25.8 Å². The molecule has 0 saturated heterocycles. The number of hydrogen-bond acceptors (Lipinski definition) is 4. The van der Waals surface area contributed by atoms with E-state index in [1.165, 1.54) is 6.42 Å². The van der Waals surface area contributed by atoms with Gasteiger partial charge >= 0.3 is 6.03 Å². The van der Waals surface area contributed by atoms with E-state index < -0.39 is 0 Å². The number of carbonyl (C=O) groups excluding carboxylic acids is 1. The number of nitrogen functional groups attached to an aromatic ring is 1. The topological polar surface area (TPSA) is 85.6 Å². The van der Waals surface area contributed by atoms with Crippen LogP contribution in [0, 0.1) is 0 Å². The van der Waals surface area contributed by atoms with Crippen molar-refractivity contribution in [1.29, 1.82) is 0 Å². The van der Waals surface area contributed by atoms with Gasteiger partial charge in [0, 0.05) is 24.6 Å². The van der Waals surface area contributed by atoms with Crippen molar-refractivity contribution in [2.75, 3.05) is 24.3 Å². The Morgan fingerprint density at radius 1 is 1.15 bits per heavy atom. The first kappa shape index (κ1) is 12.9. The summed E-state index contributed by atoms with van der Waals surface area (Å²) in [6, 6.07) is 3.48. The molecule has 6 heteroatoms. The average molecular weight is 277 g/mol. The molecule has 20 heavy (non-hydrogen) atoms. The summed E-state index contributed by atoms with van der Waals surface area (Å²) in [5.74, 6) is 1.25. The van der Waals surface area contributed by atoms with Gasteiger partial charge in [-0.05, 0) is 19.3 Å². The van der Waals surface area contributed by atoms with Gasteiger partial charge in [-0.1, -0.05) is 0 Å². The molecular formula is C14H19N3O3. The van der Waals surface area contributed by atoms with E-state index in [0.29, 0.717) is 36.1 Å². The summed E-state index contributed by atoms with van der Waals surface area (Å²) < 4.78 is 11.1. The maximum absolute atomic E-state index is 11.9. The number of rotatable bonds is 2. The van der Waals surface area contributed by atoms with Gasteiger partial charge in [-0.15, -0.1) is 0 Å². The highest BCUT2D eigenvalue weighted by molar-refractivity contribution is 5.93. The molecule has 108 valence electrons. The monoisotopic (exact) mass is 277 g/mol.